The van der Waals surface area contributed by atoms with Crippen molar-refractivity contribution in [3.63, 3.8) is 0 Å². The molecule has 6 nitrogen and oxygen atoms in total. The summed E-state index contributed by atoms with van der Waals surface area (Å²) in [6, 6.07) is 20.1. The van der Waals surface area contributed by atoms with Gasteiger partial charge >= 0.3 is 0 Å². The summed E-state index contributed by atoms with van der Waals surface area (Å²) in [6.07, 6.45) is 3.13. The second-order valence-corrected chi connectivity index (χ2v) is 10.4. The molecule has 3 aromatic rings. The number of piperazine rings is 1. The lowest BCUT2D eigenvalue weighted by atomic mass is 10.0. The van der Waals surface area contributed by atoms with E-state index in [1.165, 1.54) is 17.4 Å². The topological polar surface area (TPSA) is 73.7 Å². The fraction of sp³-hybridized carbons (Fsp3) is 0.320. The Morgan fingerprint density at radius 3 is 2.50 bits per heavy atom. The third kappa shape index (κ3) is 5.01. The van der Waals surface area contributed by atoms with Crippen LogP contribution in [-0.4, -0.2) is 49.3 Å². The zero-order valence-corrected chi connectivity index (χ0v) is 19.3. The number of hydrogen-bond acceptors (Lipinski definition) is 6. The van der Waals surface area contributed by atoms with Crippen LogP contribution in [0.15, 0.2) is 71.8 Å². The molecule has 1 fully saturated rings. The molecular weight excluding hydrogens is 422 g/mol. The molecule has 2 heterocycles. The van der Waals surface area contributed by atoms with Gasteiger partial charge in [-0.1, -0.05) is 42.5 Å². The van der Waals surface area contributed by atoms with Gasteiger partial charge in [0.2, 0.25) is 0 Å². The van der Waals surface area contributed by atoms with Crippen molar-refractivity contribution in [2.45, 2.75) is 31.0 Å². The monoisotopic (exact) mass is 451 g/mol. The number of anilines is 1. The van der Waals surface area contributed by atoms with E-state index >= 15 is 0 Å². The summed E-state index contributed by atoms with van der Waals surface area (Å²) in [6.45, 7) is 4.85. The molecule has 0 amide bonds. The Balaban J connectivity index is 1.63. The first kappa shape index (κ1) is 22.5. The smallest absolute Gasteiger partial charge is 0.175 e. The first-order valence-electron chi connectivity index (χ1n) is 10.7. The second-order valence-electron chi connectivity index (χ2n) is 8.37. The average molecular weight is 452 g/mol. The predicted octanol–water partition coefficient (Wildman–Crippen LogP) is 3.35. The molecule has 1 saturated heterocycles. The van der Waals surface area contributed by atoms with Crippen LogP contribution >= 0.6 is 0 Å². The number of aromatic nitrogens is 1. The van der Waals surface area contributed by atoms with Crippen molar-refractivity contribution >= 4 is 15.5 Å². The molecule has 32 heavy (non-hydrogen) atoms. The van der Waals surface area contributed by atoms with Crippen LogP contribution in [0.3, 0.4) is 0 Å². The van der Waals surface area contributed by atoms with Crippen molar-refractivity contribution in [3.8, 4) is 0 Å². The summed E-state index contributed by atoms with van der Waals surface area (Å²) in [5.74, 6) is 0. The highest BCUT2D eigenvalue weighted by Gasteiger charge is 2.29. The number of sulfone groups is 1. The van der Waals surface area contributed by atoms with E-state index in [-0.39, 0.29) is 17.5 Å². The van der Waals surface area contributed by atoms with E-state index in [9.17, 15) is 13.5 Å². The number of aliphatic hydroxyl groups is 1. The van der Waals surface area contributed by atoms with Gasteiger partial charge in [0.25, 0.3) is 0 Å². The minimum Gasteiger partial charge on any atom is -0.392 e. The quantitative estimate of drug-likeness (QED) is 0.620. The number of aliphatic hydroxyl groups excluding tert-OH is 1. The van der Waals surface area contributed by atoms with Crippen LogP contribution in [0.4, 0.5) is 5.69 Å². The Morgan fingerprint density at radius 1 is 1.06 bits per heavy atom. The van der Waals surface area contributed by atoms with E-state index in [4.69, 9.17) is 0 Å². The van der Waals surface area contributed by atoms with Crippen LogP contribution < -0.4 is 4.90 Å². The molecule has 0 spiro atoms. The molecule has 0 bridgehead atoms. The van der Waals surface area contributed by atoms with Gasteiger partial charge in [0.1, 0.15) is 0 Å². The van der Waals surface area contributed by atoms with Gasteiger partial charge in [-0.05, 0) is 41.8 Å². The van der Waals surface area contributed by atoms with Crippen molar-refractivity contribution in [1.82, 2.24) is 9.88 Å². The Bertz CT molecular complexity index is 1160. The van der Waals surface area contributed by atoms with Gasteiger partial charge in [-0.3, -0.25) is 9.88 Å². The molecule has 1 aromatic heterocycles. The van der Waals surface area contributed by atoms with Gasteiger partial charge in [0.05, 0.1) is 17.5 Å². The molecule has 168 valence electrons. The standard InChI is InChI=1S/C25H29N3O3S/c1-19-8-9-20(15-26-19)16-28-13-12-27(17-24(28)21-6-4-3-5-7-21)23-11-10-22(18-29)25(14-23)32(2,30)31/h3-11,14-15,24,29H,12-13,16-18H2,1-2H3. The Kier molecular flexibility index (Phi) is 6.60. The van der Waals surface area contributed by atoms with Gasteiger partial charge < -0.3 is 10.0 Å². The molecular formula is C25H29N3O3S. The van der Waals surface area contributed by atoms with E-state index in [0.29, 0.717) is 5.56 Å². The molecule has 0 radical (unpaired) electrons. The molecule has 0 aliphatic carbocycles. The first-order valence-corrected chi connectivity index (χ1v) is 12.6. The fourth-order valence-electron chi connectivity index (χ4n) is 4.28. The van der Waals surface area contributed by atoms with Gasteiger partial charge in [-0.15, -0.1) is 0 Å². The number of benzene rings is 2. The largest absolute Gasteiger partial charge is 0.392 e. The van der Waals surface area contributed by atoms with Crippen LogP contribution in [0.25, 0.3) is 0 Å². The van der Waals surface area contributed by atoms with Crippen molar-refractivity contribution in [3.05, 3.63) is 89.2 Å². The Hall–Kier alpha value is -2.74. The molecule has 1 N–H and O–H groups in total. The maximum Gasteiger partial charge on any atom is 0.175 e. The third-order valence-electron chi connectivity index (χ3n) is 6.02. The number of rotatable bonds is 6. The van der Waals surface area contributed by atoms with E-state index in [1.807, 2.05) is 31.3 Å². The summed E-state index contributed by atoms with van der Waals surface area (Å²) >= 11 is 0. The lowest BCUT2D eigenvalue weighted by Crippen LogP contribution is -2.48. The average Bonchev–Trinajstić information content (AvgIpc) is 2.80. The normalized spacial score (nSPS) is 17.5. The number of aryl methyl sites for hydroxylation is 1. The molecule has 1 unspecified atom stereocenters. The highest BCUT2D eigenvalue weighted by molar-refractivity contribution is 7.90. The minimum atomic E-state index is -3.43. The van der Waals surface area contributed by atoms with Crippen LogP contribution in [0.1, 0.15) is 28.4 Å². The van der Waals surface area contributed by atoms with Crippen molar-refractivity contribution < 1.29 is 13.5 Å². The maximum absolute atomic E-state index is 12.3. The van der Waals surface area contributed by atoms with E-state index in [2.05, 4.69) is 45.1 Å². The van der Waals surface area contributed by atoms with Crippen LogP contribution in [0.5, 0.6) is 0 Å². The summed E-state index contributed by atoms with van der Waals surface area (Å²) in [5, 5.41) is 9.58. The van der Waals surface area contributed by atoms with E-state index in [0.717, 1.165) is 37.6 Å². The molecule has 0 saturated carbocycles. The maximum atomic E-state index is 12.3. The van der Waals surface area contributed by atoms with E-state index < -0.39 is 9.84 Å². The highest BCUT2D eigenvalue weighted by atomic mass is 32.2. The van der Waals surface area contributed by atoms with Gasteiger partial charge in [-0.2, -0.15) is 0 Å². The summed E-state index contributed by atoms with van der Waals surface area (Å²) in [7, 11) is -3.43. The molecule has 1 aliphatic heterocycles. The van der Waals surface area contributed by atoms with Crippen LogP contribution in [-0.2, 0) is 23.0 Å². The third-order valence-corrected chi connectivity index (χ3v) is 7.20. The summed E-state index contributed by atoms with van der Waals surface area (Å²) < 4.78 is 24.5. The Labute approximate surface area is 190 Å². The number of pyridine rings is 1. The van der Waals surface area contributed by atoms with Gasteiger partial charge in [0.15, 0.2) is 9.84 Å². The van der Waals surface area contributed by atoms with Gasteiger partial charge in [0, 0.05) is 50.0 Å². The number of hydrogen-bond donors (Lipinski definition) is 1. The van der Waals surface area contributed by atoms with E-state index in [1.54, 1.807) is 12.1 Å². The summed E-state index contributed by atoms with van der Waals surface area (Å²) in [4.78, 5) is 9.33. The van der Waals surface area contributed by atoms with Crippen molar-refractivity contribution in [2.75, 3.05) is 30.8 Å². The van der Waals surface area contributed by atoms with Crippen molar-refractivity contribution in [1.29, 1.82) is 0 Å². The van der Waals surface area contributed by atoms with Crippen LogP contribution in [0.2, 0.25) is 0 Å². The number of nitrogens with zero attached hydrogens (tertiary/aromatic N) is 3. The molecule has 2 aromatic carbocycles. The van der Waals surface area contributed by atoms with Crippen LogP contribution in [0, 0.1) is 6.92 Å². The van der Waals surface area contributed by atoms with Crippen molar-refractivity contribution in [2.24, 2.45) is 0 Å². The lowest BCUT2D eigenvalue weighted by molar-refractivity contribution is 0.169. The zero-order chi connectivity index (χ0) is 22.7. The predicted molar refractivity (Wildman–Crippen MR) is 126 cm³/mol. The SMILES string of the molecule is Cc1ccc(CN2CCN(c3ccc(CO)c(S(C)(=O)=O)c3)CC2c2ccccc2)cn1. The highest BCUT2D eigenvalue weighted by Crippen LogP contribution is 2.31. The minimum absolute atomic E-state index is 0.158. The van der Waals surface area contributed by atoms with Gasteiger partial charge in [-0.25, -0.2) is 8.42 Å². The molecule has 1 atom stereocenters. The zero-order valence-electron chi connectivity index (χ0n) is 18.5. The molecule has 4 rings (SSSR count). The molecule has 1 aliphatic rings. The second kappa shape index (κ2) is 9.40. The first-order chi connectivity index (χ1) is 15.3. The lowest BCUT2D eigenvalue weighted by Gasteiger charge is -2.43. The Morgan fingerprint density at radius 2 is 1.84 bits per heavy atom. The fourth-order valence-corrected chi connectivity index (χ4v) is 5.22. The summed E-state index contributed by atoms with van der Waals surface area (Å²) in [5.41, 5.74) is 4.71. The molecule has 7 heteroatoms.